The van der Waals surface area contributed by atoms with Crippen molar-refractivity contribution in [2.45, 2.75) is 12.7 Å². The van der Waals surface area contributed by atoms with Gasteiger partial charge >= 0.3 is 5.97 Å². The largest absolute Gasteiger partial charge is 0.477 e. The Balaban J connectivity index is 0.000000141. The molecule has 5 nitrogen and oxygen atoms in total. The molecule has 1 aromatic carbocycles. The smallest absolute Gasteiger partial charge is 0.361 e. The molecule has 2 aromatic rings. The summed E-state index contributed by atoms with van der Waals surface area (Å²) in [7, 11) is 0. The van der Waals surface area contributed by atoms with E-state index in [0.717, 1.165) is 11.9 Å². The third-order valence-corrected chi connectivity index (χ3v) is 2.54. The van der Waals surface area contributed by atoms with E-state index in [4.69, 9.17) is 14.6 Å². The van der Waals surface area contributed by atoms with Crippen LogP contribution < -0.4 is 0 Å². The van der Waals surface area contributed by atoms with Crippen LogP contribution in [0.2, 0.25) is 0 Å². The maximum Gasteiger partial charge on any atom is 0.361 e. The average molecular weight is 261 g/mol. The normalized spacial score (nSPS) is 15.6. The van der Waals surface area contributed by atoms with Crippen molar-refractivity contribution in [2.75, 3.05) is 13.2 Å². The van der Waals surface area contributed by atoms with Gasteiger partial charge in [-0.25, -0.2) is 4.79 Å². The minimum atomic E-state index is -1.05. The third kappa shape index (κ3) is 4.01. The molecule has 0 aliphatic carbocycles. The van der Waals surface area contributed by atoms with Crippen molar-refractivity contribution >= 4 is 16.9 Å². The van der Waals surface area contributed by atoms with Gasteiger partial charge in [0.2, 0.25) is 0 Å². The van der Waals surface area contributed by atoms with Crippen LogP contribution in [0.15, 0.2) is 42.6 Å². The first-order chi connectivity index (χ1) is 9.27. The molecular formula is C14H15NO4. The zero-order chi connectivity index (χ0) is 13.5. The predicted octanol–water partition coefficient (Wildman–Crippen LogP) is 2.07. The van der Waals surface area contributed by atoms with Gasteiger partial charge in [0.25, 0.3) is 6.29 Å². The Morgan fingerprint density at radius 1 is 1.16 bits per heavy atom. The minimum absolute atomic E-state index is 0.483. The van der Waals surface area contributed by atoms with Gasteiger partial charge in [-0.15, -0.1) is 0 Å². The highest BCUT2D eigenvalue weighted by atomic mass is 16.7. The maximum absolute atomic E-state index is 10.1. The molecule has 1 saturated heterocycles. The number of carbonyl (C=O) groups is 1. The maximum atomic E-state index is 10.1. The molecule has 0 unspecified atom stereocenters. The summed E-state index contributed by atoms with van der Waals surface area (Å²) in [6.07, 6.45) is 1.56. The first-order valence-electron chi connectivity index (χ1n) is 6.03. The van der Waals surface area contributed by atoms with E-state index in [9.17, 15) is 4.79 Å². The highest BCUT2D eigenvalue weighted by Gasteiger charge is 2.21. The fourth-order valence-electron chi connectivity index (χ4n) is 1.65. The molecule has 0 spiro atoms. The number of aliphatic carboxylic acids is 1. The number of nitrogens with zero attached hydrogens (tertiary/aromatic N) is 1. The van der Waals surface area contributed by atoms with Crippen molar-refractivity contribution in [3.63, 3.8) is 0 Å². The molecule has 1 aromatic heterocycles. The van der Waals surface area contributed by atoms with Crippen molar-refractivity contribution in [3.8, 4) is 0 Å². The summed E-state index contributed by atoms with van der Waals surface area (Å²) in [5, 5.41) is 9.49. The number of carboxylic acid groups (broad SMARTS) is 1. The number of para-hydroxylation sites is 1. The van der Waals surface area contributed by atoms with Crippen LogP contribution >= 0.6 is 0 Å². The topological polar surface area (TPSA) is 68.7 Å². The van der Waals surface area contributed by atoms with Gasteiger partial charge in [-0.3, -0.25) is 4.98 Å². The SMILES string of the molecule is O=C(O)C1OCCCO1.c1ccc2ncccc2c1. The molecule has 0 radical (unpaired) electrons. The molecule has 2 heterocycles. The second kappa shape index (κ2) is 6.82. The van der Waals surface area contributed by atoms with Crippen molar-refractivity contribution in [1.82, 2.24) is 4.98 Å². The number of pyridine rings is 1. The van der Waals surface area contributed by atoms with Crippen molar-refractivity contribution in [1.29, 1.82) is 0 Å². The number of hydrogen-bond acceptors (Lipinski definition) is 4. The molecule has 0 bridgehead atoms. The van der Waals surface area contributed by atoms with E-state index in [1.807, 2.05) is 30.5 Å². The predicted molar refractivity (Wildman–Crippen MR) is 69.7 cm³/mol. The summed E-state index contributed by atoms with van der Waals surface area (Å²) in [5.74, 6) is -1.05. The van der Waals surface area contributed by atoms with Gasteiger partial charge in [0.15, 0.2) is 0 Å². The molecule has 100 valence electrons. The van der Waals surface area contributed by atoms with E-state index in [-0.39, 0.29) is 0 Å². The minimum Gasteiger partial charge on any atom is -0.477 e. The number of benzene rings is 1. The lowest BCUT2D eigenvalue weighted by atomic mass is 10.2. The summed E-state index contributed by atoms with van der Waals surface area (Å²) in [4.78, 5) is 14.3. The monoisotopic (exact) mass is 261 g/mol. The van der Waals surface area contributed by atoms with Gasteiger partial charge in [-0.1, -0.05) is 24.3 Å². The number of hydrogen-bond donors (Lipinski definition) is 1. The van der Waals surface area contributed by atoms with Crippen LogP contribution in [-0.4, -0.2) is 35.6 Å². The Morgan fingerprint density at radius 3 is 2.47 bits per heavy atom. The Labute approximate surface area is 110 Å². The summed E-state index contributed by atoms with van der Waals surface area (Å²) < 4.78 is 9.44. The number of ether oxygens (including phenoxy) is 2. The summed E-state index contributed by atoms with van der Waals surface area (Å²) >= 11 is 0. The lowest BCUT2D eigenvalue weighted by molar-refractivity contribution is -0.205. The first kappa shape index (κ1) is 13.5. The molecule has 1 N–H and O–H groups in total. The molecular weight excluding hydrogens is 246 g/mol. The van der Waals surface area contributed by atoms with Gasteiger partial charge in [0, 0.05) is 11.6 Å². The Hall–Kier alpha value is -1.98. The highest BCUT2D eigenvalue weighted by Crippen LogP contribution is 2.08. The zero-order valence-corrected chi connectivity index (χ0v) is 10.4. The van der Waals surface area contributed by atoms with Crippen LogP contribution in [0.5, 0.6) is 0 Å². The van der Waals surface area contributed by atoms with Crippen molar-refractivity contribution < 1.29 is 19.4 Å². The molecule has 0 atom stereocenters. The van der Waals surface area contributed by atoms with Gasteiger partial charge in [0.05, 0.1) is 18.7 Å². The van der Waals surface area contributed by atoms with Crippen LogP contribution in [0.1, 0.15) is 6.42 Å². The van der Waals surface area contributed by atoms with E-state index >= 15 is 0 Å². The van der Waals surface area contributed by atoms with Crippen molar-refractivity contribution in [2.24, 2.45) is 0 Å². The molecule has 1 aliphatic heterocycles. The highest BCUT2D eigenvalue weighted by molar-refractivity contribution is 5.77. The van der Waals surface area contributed by atoms with Gasteiger partial charge in [-0.05, 0) is 18.6 Å². The van der Waals surface area contributed by atoms with Crippen LogP contribution in [0.3, 0.4) is 0 Å². The number of aromatic nitrogens is 1. The summed E-state index contributed by atoms with van der Waals surface area (Å²) in [6, 6.07) is 12.1. The second-order valence-electron chi connectivity index (χ2n) is 3.96. The molecule has 19 heavy (non-hydrogen) atoms. The lowest BCUT2D eigenvalue weighted by Gasteiger charge is -2.18. The van der Waals surface area contributed by atoms with Gasteiger partial charge < -0.3 is 14.6 Å². The van der Waals surface area contributed by atoms with E-state index in [1.165, 1.54) is 5.39 Å². The van der Waals surface area contributed by atoms with E-state index < -0.39 is 12.3 Å². The van der Waals surface area contributed by atoms with E-state index in [1.54, 1.807) is 0 Å². The van der Waals surface area contributed by atoms with E-state index in [0.29, 0.717) is 13.2 Å². The number of fused-ring (bicyclic) bond motifs is 1. The van der Waals surface area contributed by atoms with Crippen LogP contribution in [-0.2, 0) is 14.3 Å². The Morgan fingerprint density at radius 2 is 1.84 bits per heavy atom. The second-order valence-corrected chi connectivity index (χ2v) is 3.96. The quantitative estimate of drug-likeness (QED) is 0.851. The van der Waals surface area contributed by atoms with Crippen molar-refractivity contribution in [3.05, 3.63) is 42.6 Å². The van der Waals surface area contributed by atoms with Crippen LogP contribution in [0.4, 0.5) is 0 Å². The lowest BCUT2D eigenvalue weighted by Crippen LogP contribution is -2.32. The molecule has 3 rings (SSSR count). The fourth-order valence-corrected chi connectivity index (χ4v) is 1.65. The summed E-state index contributed by atoms with van der Waals surface area (Å²) in [5.41, 5.74) is 1.06. The van der Waals surface area contributed by atoms with Gasteiger partial charge in [0.1, 0.15) is 0 Å². The standard InChI is InChI=1S/C9H7N.C5H8O4/c1-2-6-9-8(4-1)5-3-7-10-9;6-4(7)5-8-2-1-3-9-5/h1-7H;5H,1-3H2,(H,6,7). The van der Waals surface area contributed by atoms with Crippen LogP contribution in [0, 0.1) is 0 Å². The fraction of sp³-hybridized carbons (Fsp3) is 0.286. The van der Waals surface area contributed by atoms with Gasteiger partial charge in [-0.2, -0.15) is 0 Å². The molecule has 1 fully saturated rings. The Bertz CT molecular complexity index is 472. The number of carboxylic acids is 1. The Kier molecular flexibility index (Phi) is 4.83. The number of rotatable bonds is 1. The molecule has 5 heteroatoms. The van der Waals surface area contributed by atoms with E-state index in [2.05, 4.69) is 17.1 Å². The molecule has 0 saturated carbocycles. The molecule has 0 amide bonds. The molecule has 1 aliphatic rings. The third-order valence-electron chi connectivity index (χ3n) is 2.54. The zero-order valence-electron chi connectivity index (χ0n) is 10.4. The first-order valence-corrected chi connectivity index (χ1v) is 6.03. The van der Waals surface area contributed by atoms with Crippen LogP contribution in [0.25, 0.3) is 10.9 Å². The average Bonchev–Trinajstić information content (AvgIpc) is 2.49. The summed E-state index contributed by atoms with van der Waals surface area (Å²) in [6.45, 7) is 0.966.